The molecule has 0 saturated heterocycles. The van der Waals surface area contributed by atoms with Crippen molar-refractivity contribution in [2.45, 2.75) is 12.7 Å². The minimum atomic E-state index is -4.86. The maximum atomic E-state index is 12.4. The van der Waals surface area contributed by atoms with Gasteiger partial charge in [0.15, 0.2) is 0 Å². The number of pyridine rings is 1. The molecular formula is C19H12F6N2O2. The third kappa shape index (κ3) is 5.53. The topological polar surface area (TPSA) is 57.4 Å². The van der Waals surface area contributed by atoms with Crippen LogP contribution in [0.25, 0.3) is 22.5 Å². The van der Waals surface area contributed by atoms with Crippen molar-refractivity contribution in [3.05, 3.63) is 60.7 Å². The summed E-state index contributed by atoms with van der Waals surface area (Å²) in [6.45, 7) is 0. The van der Waals surface area contributed by atoms with Gasteiger partial charge in [0.1, 0.15) is 11.5 Å². The number of anilines is 1. The fraction of sp³-hybridized carbons (Fsp3) is 0.105. The average molecular weight is 414 g/mol. The molecule has 2 aromatic carbocycles. The molecule has 4 nitrogen and oxygen atoms in total. The Kier molecular flexibility index (Phi) is 5.27. The maximum absolute atomic E-state index is 12.4. The van der Waals surface area contributed by atoms with Gasteiger partial charge in [-0.1, -0.05) is 24.3 Å². The molecule has 3 rings (SSSR count). The van der Waals surface area contributed by atoms with Crippen molar-refractivity contribution in [1.29, 1.82) is 0 Å². The second-order valence-electron chi connectivity index (χ2n) is 5.79. The minimum Gasteiger partial charge on any atom is -0.406 e. The molecule has 0 amide bonds. The molecule has 0 bridgehead atoms. The largest absolute Gasteiger partial charge is 0.573 e. The summed E-state index contributed by atoms with van der Waals surface area (Å²) in [6.07, 6.45) is -9.71. The van der Waals surface area contributed by atoms with Crippen LogP contribution in [-0.2, 0) is 0 Å². The van der Waals surface area contributed by atoms with E-state index in [4.69, 9.17) is 5.73 Å². The monoisotopic (exact) mass is 414 g/mol. The number of rotatable bonds is 4. The highest BCUT2D eigenvalue weighted by atomic mass is 19.4. The number of nitrogens with two attached hydrogens (primary N) is 1. The van der Waals surface area contributed by atoms with Crippen LogP contribution in [0, 0.1) is 0 Å². The van der Waals surface area contributed by atoms with Crippen LogP contribution in [0.5, 0.6) is 11.5 Å². The highest BCUT2D eigenvalue weighted by Gasteiger charge is 2.32. The fourth-order valence-electron chi connectivity index (χ4n) is 2.55. The predicted octanol–water partition coefficient (Wildman–Crippen LogP) is 5.80. The third-order valence-corrected chi connectivity index (χ3v) is 3.63. The summed E-state index contributed by atoms with van der Waals surface area (Å²) < 4.78 is 82.4. The van der Waals surface area contributed by atoms with Crippen LogP contribution in [0.15, 0.2) is 60.7 Å². The van der Waals surface area contributed by atoms with Gasteiger partial charge < -0.3 is 15.2 Å². The number of hydrogen-bond donors (Lipinski definition) is 1. The van der Waals surface area contributed by atoms with E-state index in [0.29, 0.717) is 5.56 Å². The van der Waals surface area contributed by atoms with Crippen molar-refractivity contribution in [3.63, 3.8) is 0 Å². The minimum absolute atomic E-state index is 0.150. The molecule has 0 aliphatic rings. The Labute approximate surface area is 160 Å². The van der Waals surface area contributed by atoms with Crippen molar-refractivity contribution >= 4 is 5.69 Å². The number of aromatic nitrogens is 1. The van der Waals surface area contributed by atoms with E-state index >= 15 is 0 Å². The van der Waals surface area contributed by atoms with Crippen LogP contribution in [0.3, 0.4) is 0 Å². The van der Waals surface area contributed by atoms with Crippen molar-refractivity contribution in [3.8, 4) is 34.0 Å². The summed E-state index contributed by atoms with van der Waals surface area (Å²) in [6, 6.07) is 13.1. The zero-order valence-electron chi connectivity index (χ0n) is 14.4. The molecule has 0 saturated carbocycles. The van der Waals surface area contributed by atoms with Gasteiger partial charge in [0.05, 0.1) is 17.1 Å². The summed E-state index contributed by atoms with van der Waals surface area (Å²) in [4.78, 5) is 4.29. The summed E-state index contributed by atoms with van der Waals surface area (Å²) in [7, 11) is 0. The van der Waals surface area contributed by atoms with Crippen LogP contribution < -0.4 is 15.2 Å². The lowest BCUT2D eigenvalue weighted by molar-refractivity contribution is -0.275. The maximum Gasteiger partial charge on any atom is 0.573 e. The summed E-state index contributed by atoms with van der Waals surface area (Å²) in [5.74, 6) is -0.891. The van der Waals surface area contributed by atoms with E-state index in [1.54, 1.807) is 0 Å². The van der Waals surface area contributed by atoms with E-state index in [2.05, 4.69) is 14.5 Å². The number of benzene rings is 2. The van der Waals surface area contributed by atoms with Crippen molar-refractivity contribution in [2.24, 2.45) is 0 Å². The lowest BCUT2D eigenvalue weighted by Gasteiger charge is -2.13. The van der Waals surface area contributed by atoms with Gasteiger partial charge in [-0.3, -0.25) is 0 Å². The summed E-state index contributed by atoms with van der Waals surface area (Å²) in [5, 5.41) is 0. The Morgan fingerprint density at radius 3 is 1.76 bits per heavy atom. The van der Waals surface area contributed by atoms with Crippen molar-refractivity contribution in [2.75, 3.05) is 5.73 Å². The third-order valence-electron chi connectivity index (χ3n) is 3.63. The van der Waals surface area contributed by atoms with E-state index in [0.717, 1.165) is 24.3 Å². The van der Waals surface area contributed by atoms with Gasteiger partial charge in [-0.25, -0.2) is 4.98 Å². The van der Waals surface area contributed by atoms with Crippen LogP contribution in [0.4, 0.5) is 32.0 Å². The Balaban J connectivity index is 1.98. The van der Waals surface area contributed by atoms with Crippen LogP contribution in [-0.4, -0.2) is 17.7 Å². The molecule has 2 N–H and O–H groups in total. The number of ether oxygens (including phenoxy) is 2. The molecule has 1 aromatic heterocycles. The normalized spacial score (nSPS) is 11.9. The number of nitrogens with zero attached hydrogens (tertiary/aromatic N) is 1. The molecule has 29 heavy (non-hydrogen) atoms. The van der Waals surface area contributed by atoms with E-state index in [9.17, 15) is 26.3 Å². The Hall–Kier alpha value is -3.43. The van der Waals surface area contributed by atoms with Gasteiger partial charge in [0, 0.05) is 11.1 Å². The van der Waals surface area contributed by atoms with Gasteiger partial charge in [0.2, 0.25) is 0 Å². The second-order valence-corrected chi connectivity index (χ2v) is 5.79. The highest BCUT2D eigenvalue weighted by Crippen LogP contribution is 2.33. The number of hydrogen-bond acceptors (Lipinski definition) is 4. The zero-order chi connectivity index (χ0) is 21.2. The lowest BCUT2D eigenvalue weighted by atomic mass is 10.1. The van der Waals surface area contributed by atoms with Gasteiger partial charge in [0.25, 0.3) is 0 Å². The second kappa shape index (κ2) is 7.53. The molecule has 0 aliphatic carbocycles. The Bertz CT molecular complexity index is 1020. The van der Waals surface area contributed by atoms with Crippen molar-refractivity contribution in [1.82, 2.24) is 4.98 Å². The smallest absolute Gasteiger partial charge is 0.406 e. The summed E-state index contributed by atoms with van der Waals surface area (Å²) >= 11 is 0. The SMILES string of the molecule is Nc1ccc(-c2cccc(OC(F)(F)F)c2)nc1-c1cccc(OC(F)(F)F)c1. The fourth-order valence-corrected chi connectivity index (χ4v) is 2.55. The lowest BCUT2D eigenvalue weighted by Crippen LogP contribution is -2.17. The van der Waals surface area contributed by atoms with E-state index in [-0.39, 0.29) is 22.6 Å². The molecule has 10 heteroatoms. The number of nitrogen functional groups attached to an aromatic ring is 1. The Morgan fingerprint density at radius 1 is 0.690 bits per heavy atom. The zero-order valence-corrected chi connectivity index (χ0v) is 14.4. The first-order valence-corrected chi connectivity index (χ1v) is 7.99. The van der Waals surface area contributed by atoms with E-state index < -0.39 is 24.2 Å². The molecule has 1 heterocycles. The molecular weight excluding hydrogens is 402 g/mol. The molecule has 152 valence electrons. The molecule has 0 aliphatic heterocycles. The first-order chi connectivity index (χ1) is 13.5. The Morgan fingerprint density at radius 2 is 1.21 bits per heavy atom. The first kappa shape index (κ1) is 20.3. The van der Waals surface area contributed by atoms with Gasteiger partial charge >= 0.3 is 12.7 Å². The molecule has 0 atom stereocenters. The van der Waals surface area contributed by atoms with Gasteiger partial charge in [-0.05, 0) is 36.4 Å². The molecule has 3 aromatic rings. The number of alkyl halides is 6. The summed E-state index contributed by atoms with van der Waals surface area (Å²) in [5.41, 5.74) is 7.01. The van der Waals surface area contributed by atoms with Crippen molar-refractivity contribution < 1.29 is 35.8 Å². The predicted molar refractivity (Wildman–Crippen MR) is 92.9 cm³/mol. The molecule has 0 spiro atoms. The van der Waals surface area contributed by atoms with E-state index in [1.165, 1.54) is 36.4 Å². The molecule has 0 radical (unpaired) electrons. The first-order valence-electron chi connectivity index (χ1n) is 7.99. The quantitative estimate of drug-likeness (QED) is 0.549. The van der Waals surface area contributed by atoms with Gasteiger partial charge in [-0.2, -0.15) is 0 Å². The van der Waals surface area contributed by atoms with Crippen LogP contribution in [0.2, 0.25) is 0 Å². The molecule has 0 unspecified atom stereocenters. The van der Waals surface area contributed by atoms with Crippen LogP contribution >= 0.6 is 0 Å². The van der Waals surface area contributed by atoms with Gasteiger partial charge in [-0.15, -0.1) is 26.3 Å². The average Bonchev–Trinajstić information content (AvgIpc) is 2.59. The highest BCUT2D eigenvalue weighted by molar-refractivity contribution is 5.77. The van der Waals surface area contributed by atoms with E-state index in [1.807, 2.05) is 0 Å². The molecule has 0 fully saturated rings. The standard InChI is InChI=1S/C19H12F6N2O2/c20-18(21,22)28-13-5-1-3-11(9-13)16-8-7-15(26)17(27-16)12-4-2-6-14(10-12)29-19(23,24)25/h1-10H,26H2. The van der Waals surface area contributed by atoms with Crippen LogP contribution in [0.1, 0.15) is 0 Å². The number of halogens is 6.